The van der Waals surface area contributed by atoms with Crippen LogP contribution in [0, 0.1) is 10.1 Å². The Morgan fingerprint density at radius 2 is 2.08 bits per heavy atom. The first-order valence-corrected chi connectivity index (χ1v) is 9.64. The van der Waals surface area contributed by atoms with E-state index < -0.39 is 20.9 Å². The SMILES string of the molecule is CC(O)CN1CCN(c2ccc(S(C)(=O)=O)cc2[N+](=O)[O-])C(C)C1. The first kappa shape index (κ1) is 18.6. The second kappa shape index (κ2) is 7.04. The fourth-order valence-corrected chi connectivity index (χ4v) is 3.69. The van der Waals surface area contributed by atoms with E-state index in [1.165, 1.54) is 12.1 Å². The Morgan fingerprint density at radius 3 is 2.58 bits per heavy atom. The third kappa shape index (κ3) is 4.22. The van der Waals surface area contributed by atoms with Gasteiger partial charge in [-0.05, 0) is 26.0 Å². The first-order chi connectivity index (χ1) is 11.1. The van der Waals surface area contributed by atoms with Crippen molar-refractivity contribution >= 4 is 21.2 Å². The summed E-state index contributed by atoms with van der Waals surface area (Å²) in [6, 6.07) is 4.06. The number of aliphatic hydroxyl groups is 1. The van der Waals surface area contributed by atoms with Crippen LogP contribution in [0.15, 0.2) is 23.1 Å². The molecule has 0 radical (unpaired) electrons. The molecular weight excluding hydrogens is 334 g/mol. The van der Waals surface area contributed by atoms with Gasteiger partial charge in [-0.15, -0.1) is 0 Å². The number of nitrogens with zero attached hydrogens (tertiary/aromatic N) is 3. The van der Waals surface area contributed by atoms with Crippen molar-refractivity contribution < 1.29 is 18.4 Å². The van der Waals surface area contributed by atoms with E-state index in [9.17, 15) is 23.6 Å². The summed E-state index contributed by atoms with van der Waals surface area (Å²) in [6.07, 6.45) is 0.607. The first-order valence-electron chi connectivity index (χ1n) is 7.75. The van der Waals surface area contributed by atoms with Gasteiger partial charge >= 0.3 is 0 Å². The van der Waals surface area contributed by atoms with E-state index in [0.29, 0.717) is 31.9 Å². The highest BCUT2D eigenvalue weighted by molar-refractivity contribution is 7.90. The van der Waals surface area contributed by atoms with E-state index >= 15 is 0 Å². The molecule has 0 aliphatic carbocycles. The number of hydrogen-bond donors (Lipinski definition) is 1. The van der Waals surface area contributed by atoms with E-state index in [-0.39, 0.29) is 16.6 Å². The fraction of sp³-hybridized carbons (Fsp3) is 0.600. The number of nitro benzene ring substituents is 1. The lowest BCUT2D eigenvalue weighted by Gasteiger charge is -2.41. The second-order valence-electron chi connectivity index (χ2n) is 6.33. The molecule has 1 fully saturated rings. The minimum absolute atomic E-state index is 0.0142. The molecule has 0 aromatic heterocycles. The maximum Gasteiger partial charge on any atom is 0.293 e. The molecule has 24 heavy (non-hydrogen) atoms. The summed E-state index contributed by atoms with van der Waals surface area (Å²) in [6.45, 7) is 6.19. The highest BCUT2D eigenvalue weighted by Gasteiger charge is 2.29. The average molecular weight is 357 g/mol. The molecule has 2 unspecified atom stereocenters. The Hall–Kier alpha value is -1.71. The molecule has 1 aliphatic heterocycles. The lowest BCUT2D eigenvalue weighted by molar-refractivity contribution is -0.384. The quantitative estimate of drug-likeness (QED) is 0.616. The molecule has 8 nitrogen and oxygen atoms in total. The lowest BCUT2D eigenvalue weighted by atomic mass is 10.1. The van der Waals surface area contributed by atoms with Crippen LogP contribution in [0.3, 0.4) is 0 Å². The maximum absolute atomic E-state index is 11.6. The number of β-amino-alcohol motifs (C(OH)–C–C–N with tert-alkyl or cyclic N) is 1. The zero-order valence-corrected chi connectivity index (χ0v) is 14.9. The van der Waals surface area contributed by atoms with Gasteiger partial charge in [-0.25, -0.2) is 8.42 Å². The van der Waals surface area contributed by atoms with Crippen molar-refractivity contribution in [3.8, 4) is 0 Å². The summed E-state index contributed by atoms with van der Waals surface area (Å²) < 4.78 is 23.3. The summed E-state index contributed by atoms with van der Waals surface area (Å²) in [4.78, 5) is 14.8. The zero-order valence-electron chi connectivity index (χ0n) is 14.0. The number of rotatable bonds is 5. The molecule has 0 amide bonds. The number of anilines is 1. The molecule has 1 saturated heterocycles. The van der Waals surface area contributed by atoms with Crippen LogP contribution < -0.4 is 4.90 Å². The van der Waals surface area contributed by atoms with Crippen molar-refractivity contribution in [2.75, 3.05) is 37.3 Å². The molecule has 1 aromatic carbocycles. The second-order valence-corrected chi connectivity index (χ2v) is 8.35. The Kier molecular flexibility index (Phi) is 5.46. The number of benzene rings is 1. The molecule has 2 rings (SSSR count). The summed E-state index contributed by atoms with van der Waals surface area (Å²) >= 11 is 0. The van der Waals surface area contributed by atoms with E-state index in [2.05, 4.69) is 4.90 Å². The van der Waals surface area contributed by atoms with Gasteiger partial charge in [0, 0.05) is 44.5 Å². The summed E-state index contributed by atoms with van der Waals surface area (Å²) in [5, 5.41) is 20.9. The largest absolute Gasteiger partial charge is 0.392 e. The molecule has 2 atom stereocenters. The van der Waals surface area contributed by atoms with E-state index in [0.717, 1.165) is 12.3 Å². The van der Waals surface area contributed by atoms with Gasteiger partial charge < -0.3 is 10.0 Å². The Labute approximate surface area is 141 Å². The summed E-state index contributed by atoms with van der Waals surface area (Å²) in [5.41, 5.74) is 0.227. The van der Waals surface area contributed by atoms with Gasteiger partial charge in [-0.3, -0.25) is 15.0 Å². The highest BCUT2D eigenvalue weighted by Crippen LogP contribution is 2.33. The van der Waals surface area contributed by atoms with Crippen LogP contribution in [0.2, 0.25) is 0 Å². The molecule has 0 bridgehead atoms. The van der Waals surface area contributed by atoms with Crippen molar-refractivity contribution in [3.63, 3.8) is 0 Å². The number of piperazine rings is 1. The van der Waals surface area contributed by atoms with Crippen LogP contribution in [0.25, 0.3) is 0 Å². The smallest absolute Gasteiger partial charge is 0.293 e. The molecule has 9 heteroatoms. The molecule has 1 N–H and O–H groups in total. The maximum atomic E-state index is 11.6. The number of sulfone groups is 1. The van der Waals surface area contributed by atoms with Crippen molar-refractivity contribution in [3.05, 3.63) is 28.3 Å². The van der Waals surface area contributed by atoms with Gasteiger partial charge in [0.05, 0.1) is 15.9 Å². The average Bonchev–Trinajstić information content (AvgIpc) is 2.45. The summed E-state index contributed by atoms with van der Waals surface area (Å²) in [7, 11) is -3.50. The van der Waals surface area contributed by atoms with Crippen LogP contribution in [0.4, 0.5) is 11.4 Å². The Morgan fingerprint density at radius 1 is 1.42 bits per heavy atom. The van der Waals surface area contributed by atoms with Crippen LogP contribution >= 0.6 is 0 Å². The normalized spacial score (nSPS) is 20.8. The zero-order chi connectivity index (χ0) is 18.1. The summed E-state index contributed by atoms with van der Waals surface area (Å²) in [5.74, 6) is 0. The van der Waals surface area contributed by atoms with Crippen LogP contribution in [0.1, 0.15) is 13.8 Å². The highest BCUT2D eigenvalue weighted by atomic mass is 32.2. The predicted octanol–water partition coefficient (Wildman–Crippen LogP) is 0.890. The number of aliphatic hydroxyl groups excluding tert-OH is 1. The van der Waals surface area contributed by atoms with E-state index in [4.69, 9.17) is 0 Å². The van der Waals surface area contributed by atoms with Crippen LogP contribution in [-0.4, -0.2) is 67.9 Å². The van der Waals surface area contributed by atoms with Crippen molar-refractivity contribution in [2.45, 2.75) is 30.9 Å². The minimum Gasteiger partial charge on any atom is -0.392 e. The predicted molar refractivity (Wildman–Crippen MR) is 91.1 cm³/mol. The van der Waals surface area contributed by atoms with Gasteiger partial charge in [0.15, 0.2) is 9.84 Å². The van der Waals surface area contributed by atoms with Crippen molar-refractivity contribution in [1.82, 2.24) is 4.90 Å². The van der Waals surface area contributed by atoms with Gasteiger partial charge in [0.2, 0.25) is 0 Å². The topological polar surface area (TPSA) is 104 Å². The molecule has 0 saturated carbocycles. The number of nitro groups is 1. The monoisotopic (exact) mass is 357 g/mol. The van der Waals surface area contributed by atoms with Gasteiger partial charge in [-0.2, -0.15) is 0 Å². The molecule has 1 heterocycles. The lowest BCUT2D eigenvalue weighted by Crippen LogP contribution is -2.53. The molecule has 134 valence electrons. The van der Waals surface area contributed by atoms with Crippen LogP contribution in [0.5, 0.6) is 0 Å². The van der Waals surface area contributed by atoms with E-state index in [1.807, 2.05) is 11.8 Å². The van der Waals surface area contributed by atoms with Crippen molar-refractivity contribution in [1.29, 1.82) is 0 Å². The third-order valence-electron chi connectivity index (χ3n) is 4.12. The Bertz CT molecular complexity index is 720. The van der Waals surface area contributed by atoms with Gasteiger partial charge in [0.1, 0.15) is 5.69 Å². The van der Waals surface area contributed by atoms with Crippen molar-refractivity contribution in [2.24, 2.45) is 0 Å². The molecule has 0 spiro atoms. The van der Waals surface area contributed by atoms with Gasteiger partial charge in [-0.1, -0.05) is 0 Å². The van der Waals surface area contributed by atoms with E-state index in [1.54, 1.807) is 6.92 Å². The third-order valence-corrected chi connectivity index (χ3v) is 5.23. The molecule has 1 aromatic rings. The van der Waals surface area contributed by atoms with Gasteiger partial charge in [0.25, 0.3) is 5.69 Å². The molecular formula is C15H23N3O5S. The fourth-order valence-electron chi connectivity index (χ4n) is 3.05. The molecule has 1 aliphatic rings. The standard InChI is InChI=1S/C15H23N3O5S/c1-11-9-16(10-12(2)19)6-7-17(11)14-5-4-13(24(3,22)23)8-15(14)18(20)21/h4-5,8,11-12,19H,6-7,9-10H2,1-3H3. The number of hydrogen-bond acceptors (Lipinski definition) is 7. The minimum atomic E-state index is -3.50. The van der Waals surface area contributed by atoms with Crippen LogP contribution in [-0.2, 0) is 9.84 Å². The Balaban J connectivity index is 2.30.